The Kier molecular flexibility index (Phi) is 10.7. The van der Waals surface area contributed by atoms with Gasteiger partial charge in [0.05, 0.1) is 5.41 Å². The highest BCUT2D eigenvalue weighted by Gasteiger charge is 2.53. The van der Waals surface area contributed by atoms with Gasteiger partial charge >= 0.3 is 0 Å². The van der Waals surface area contributed by atoms with E-state index in [4.69, 9.17) is 0 Å². The van der Waals surface area contributed by atoms with Gasteiger partial charge in [0.25, 0.3) is 0 Å². The predicted octanol–water partition coefficient (Wildman–Crippen LogP) is 18.7. The van der Waals surface area contributed by atoms with E-state index in [1.165, 1.54) is 99.3 Å². The van der Waals surface area contributed by atoms with Gasteiger partial charge in [0.2, 0.25) is 0 Å². The van der Waals surface area contributed by atoms with E-state index in [9.17, 15) is 0 Å². The minimum absolute atomic E-state index is 0.461. The third-order valence-electron chi connectivity index (χ3n) is 15.1. The number of anilines is 5. The minimum atomic E-state index is -0.461. The van der Waals surface area contributed by atoms with E-state index < -0.39 is 5.41 Å². The molecule has 1 spiro atoms. The van der Waals surface area contributed by atoms with Gasteiger partial charge in [-0.15, -0.1) is 0 Å². The molecule has 2 aliphatic rings. The van der Waals surface area contributed by atoms with E-state index in [0.717, 1.165) is 17.1 Å². The summed E-state index contributed by atoms with van der Waals surface area (Å²) in [5, 5.41) is 7.75. The molecule has 0 aromatic heterocycles. The van der Waals surface area contributed by atoms with Crippen molar-refractivity contribution in [2.45, 2.75) is 44.9 Å². The molecular weight excluding hydrogens is 845 g/mol. The van der Waals surface area contributed by atoms with Crippen LogP contribution in [-0.2, 0) is 5.41 Å². The first kappa shape index (κ1) is 43.1. The third-order valence-corrected chi connectivity index (χ3v) is 15.1. The molecule has 11 aromatic carbocycles. The van der Waals surface area contributed by atoms with Crippen molar-refractivity contribution in [3.05, 3.63) is 270 Å². The maximum atomic E-state index is 2.53. The van der Waals surface area contributed by atoms with Gasteiger partial charge in [0.1, 0.15) is 0 Å². The fourth-order valence-electron chi connectivity index (χ4n) is 11.6. The summed E-state index contributed by atoms with van der Waals surface area (Å²) in [4.78, 5) is 4.59. The van der Waals surface area contributed by atoms with E-state index in [-0.39, 0.29) is 0 Å². The highest BCUT2D eigenvalue weighted by atomic mass is 15.1. The normalized spacial score (nSPS) is 12.7. The van der Waals surface area contributed by atoms with Crippen molar-refractivity contribution in [2.24, 2.45) is 0 Å². The van der Waals surface area contributed by atoms with Crippen molar-refractivity contribution in [2.75, 3.05) is 16.8 Å². The van der Waals surface area contributed by atoms with Crippen molar-refractivity contribution < 1.29 is 0 Å². The van der Waals surface area contributed by atoms with Gasteiger partial charge in [0, 0.05) is 35.5 Å². The second kappa shape index (κ2) is 17.4. The van der Waals surface area contributed by atoms with Crippen LogP contribution in [0.4, 0.5) is 28.4 Å². The van der Waals surface area contributed by atoms with Crippen LogP contribution in [0.15, 0.2) is 237 Å². The monoisotopic (exact) mass is 900 g/mol. The molecule has 13 rings (SSSR count). The van der Waals surface area contributed by atoms with E-state index >= 15 is 0 Å². The summed E-state index contributed by atoms with van der Waals surface area (Å²) in [6, 6.07) is 87.5. The molecule has 2 aliphatic carbocycles. The highest BCUT2D eigenvalue weighted by molar-refractivity contribution is 6.20. The van der Waals surface area contributed by atoms with Crippen LogP contribution in [0, 0.1) is 0 Å². The van der Waals surface area contributed by atoms with Crippen LogP contribution in [0.2, 0.25) is 0 Å². The molecule has 0 saturated carbocycles. The molecule has 0 heterocycles. The Labute approximate surface area is 412 Å². The summed E-state index contributed by atoms with van der Waals surface area (Å²) < 4.78 is 0. The Morgan fingerprint density at radius 2 is 0.771 bits per heavy atom. The lowest BCUT2D eigenvalue weighted by Crippen LogP contribution is -2.26. The topological polar surface area (TPSA) is 6.48 Å². The first-order valence-corrected chi connectivity index (χ1v) is 24.9. The third kappa shape index (κ3) is 6.92. The summed E-state index contributed by atoms with van der Waals surface area (Å²) in [5.41, 5.74) is 19.0. The Hall–Kier alpha value is -8.20. The molecule has 0 unspecified atom stereocenters. The van der Waals surface area contributed by atoms with E-state index in [2.05, 4.69) is 275 Å². The SMILES string of the molecule is CC(C)c1ccc(N(C)c2ccccc2)cc1.CC(C)c1ccc(N(c2ccccc2)c2ccc3cc4c(cc3c2)C2(c3ccccc3-c3ccccc32)c2c-4c3ccccc3c3ccccc23)cc1. The van der Waals surface area contributed by atoms with Crippen LogP contribution in [-0.4, -0.2) is 7.05 Å². The molecule has 11 aromatic rings. The zero-order valence-corrected chi connectivity index (χ0v) is 40.6. The highest BCUT2D eigenvalue weighted by Crippen LogP contribution is 2.66. The second-order valence-corrected chi connectivity index (χ2v) is 19.7. The number of rotatable bonds is 7. The largest absolute Gasteiger partial charge is 0.345 e. The van der Waals surface area contributed by atoms with Crippen molar-refractivity contribution in [1.82, 2.24) is 0 Å². The Bertz CT molecular complexity index is 3670. The van der Waals surface area contributed by atoms with Gasteiger partial charge in [-0.25, -0.2) is 0 Å². The molecule has 0 bridgehead atoms. The van der Waals surface area contributed by atoms with Crippen LogP contribution in [0.1, 0.15) is 72.9 Å². The van der Waals surface area contributed by atoms with Gasteiger partial charge in [-0.1, -0.05) is 191 Å². The zero-order chi connectivity index (χ0) is 47.5. The van der Waals surface area contributed by atoms with Crippen LogP contribution in [0.3, 0.4) is 0 Å². The molecule has 0 atom stereocenters. The number of benzene rings is 11. The molecule has 0 fully saturated rings. The molecule has 2 nitrogen and oxygen atoms in total. The van der Waals surface area contributed by atoms with Gasteiger partial charge in [-0.2, -0.15) is 0 Å². The maximum Gasteiger partial charge on any atom is 0.0731 e. The summed E-state index contributed by atoms with van der Waals surface area (Å²) in [7, 11) is 2.10. The van der Waals surface area contributed by atoms with Crippen LogP contribution >= 0.6 is 0 Å². The van der Waals surface area contributed by atoms with Crippen molar-refractivity contribution in [3.8, 4) is 22.3 Å². The Morgan fingerprint density at radius 1 is 0.329 bits per heavy atom. The molecule has 338 valence electrons. The fraction of sp³-hybridized carbons (Fsp3) is 0.118. The average molecular weight is 901 g/mol. The zero-order valence-electron chi connectivity index (χ0n) is 40.6. The lowest BCUT2D eigenvalue weighted by atomic mass is 9.69. The van der Waals surface area contributed by atoms with Crippen LogP contribution in [0.5, 0.6) is 0 Å². The van der Waals surface area contributed by atoms with Gasteiger partial charge in [-0.05, 0) is 173 Å². The quantitative estimate of drug-likeness (QED) is 0.147. The first-order chi connectivity index (χ1) is 34.3. The lowest BCUT2D eigenvalue weighted by Gasteiger charge is -2.32. The van der Waals surface area contributed by atoms with Crippen LogP contribution < -0.4 is 9.80 Å². The maximum absolute atomic E-state index is 2.53. The Balaban J connectivity index is 0.000000252. The number of hydrogen-bond donors (Lipinski definition) is 0. The van der Waals surface area contributed by atoms with E-state index in [0.29, 0.717) is 11.8 Å². The van der Waals surface area contributed by atoms with E-state index in [1.807, 2.05) is 6.07 Å². The van der Waals surface area contributed by atoms with Crippen LogP contribution in [0.25, 0.3) is 54.6 Å². The second-order valence-electron chi connectivity index (χ2n) is 19.7. The molecule has 0 amide bonds. The predicted molar refractivity (Wildman–Crippen MR) is 299 cm³/mol. The number of para-hydroxylation sites is 2. The molecular formula is C68H56N2. The van der Waals surface area contributed by atoms with Gasteiger partial charge in [0.15, 0.2) is 0 Å². The molecule has 2 heteroatoms. The number of nitrogens with zero attached hydrogens (tertiary/aromatic N) is 2. The number of hydrogen-bond acceptors (Lipinski definition) is 2. The van der Waals surface area contributed by atoms with Gasteiger partial charge < -0.3 is 9.80 Å². The van der Waals surface area contributed by atoms with Crippen molar-refractivity contribution in [3.63, 3.8) is 0 Å². The average Bonchev–Trinajstić information content (AvgIpc) is 3.88. The molecule has 0 saturated heterocycles. The Morgan fingerprint density at radius 3 is 1.36 bits per heavy atom. The lowest BCUT2D eigenvalue weighted by molar-refractivity contribution is 0.803. The summed E-state index contributed by atoms with van der Waals surface area (Å²) in [6.07, 6.45) is 0. The summed E-state index contributed by atoms with van der Waals surface area (Å²) in [5.74, 6) is 1.07. The fourth-order valence-corrected chi connectivity index (χ4v) is 11.6. The summed E-state index contributed by atoms with van der Waals surface area (Å²) in [6.45, 7) is 8.94. The number of fused-ring (bicyclic) bond motifs is 16. The standard InChI is InChI=1S/C52H37N.C16H19N/c1-33(2)34-24-27-38(28-25-34)53(37-14-4-3-5-15-37)39-29-26-35-31-46-49(32-36(35)30-39)52(47-22-12-10-18-42(47)43-19-11-13-23-48(43)52)51-45-21-9-7-17-41(45)40-16-6-8-20-44(40)50(46)51;1-13(2)14-9-11-16(12-10-14)17(3)15-7-5-4-6-8-15/h3-33H,1-2H3;4-13H,1-3H3. The summed E-state index contributed by atoms with van der Waals surface area (Å²) >= 11 is 0. The minimum Gasteiger partial charge on any atom is -0.345 e. The molecule has 0 N–H and O–H groups in total. The van der Waals surface area contributed by atoms with Crippen molar-refractivity contribution in [1.29, 1.82) is 0 Å². The molecule has 0 aliphatic heterocycles. The van der Waals surface area contributed by atoms with Gasteiger partial charge in [-0.3, -0.25) is 0 Å². The first-order valence-electron chi connectivity index (χ1n) is 24.9. The molecule has 70 heavy (non-hydrogen) atoms. The van der Waals surface area contributed by atoms with Crippen molar-refractivity contribution >= 4 is 60.8 Å². The smallest absolute Gasteiger partial charge is 0.0731 e. The van der Waals surface area contributed by atoms with E-state index in [1.54, 1.807) is 0 Å². The molecule has 0 radical (unpaired) electrons.